The lowest BCUT2D eigenvalue weighted by Gasteiger charge is -2.16. The maximum Gasteiger partial charge on any atom is 0.190 e. The highest BCUT2D eigenvalue weighted by atomic mass is 16.5. The Morgan fingerprint density at radius 1 is 1.12 bits per heavy atom. The molecule has 1 unspecified atom stereocenters. The molecule has 0 aliphatic heterocycles. The maximum absolute atomic E-state index is 5.79. The van der Waals surface area contributed by atoms with Crippen molar-refractivity contribution in [1.29, 1.82) is 0 Å². The Labute approximate surface area is 156 Å². The number of rotatable bonds is 9. The summed E-state index contributed by atoms with van der Waals surface area (Å²) < 4.78 is 5.79. The molecule has 26 heavy (non-hydrogen) atoms. The van der Waals surface area contributed by atoms with Gasteiger partial charge in [-0.1, -0.05) is 43.3 Å². The van der Waals surface area contributed by atoms with E-state index in [2.05, 4.69) is 45.7 Å². The molecule has 0 amide bonds. The van der Waals surface area contributed by atoms with E-state index in [1.165, 1.54) is 11.1 Å². The average Bonchev–Trinajstić information content (AvgIpc) is 2.67. The molecule has 2 rings (SSSR count). The van der Waals surface area contributed by atoms with E-state index in [1.807, 2.05) is 37.4 Å². The molecule has 2 N–H and O–H groups in total. The first-order valence-electron chi connectivity index (χ1n) is 9.15. The van der Waals surface area contributed by atoms with Gasteiger partial charge in [-0.05, 0) is 36.5 Å². The molecule has 0 spiro atoms. The molecule has 5 nitrogen and oxygen atoms in total. The number of nitrogens with zero attached hydrogens (tertiary/aromatic N) is 2. The van der Waals surface area contributed by atoms with Gasteiger partial charge in [0.1, 0.15) is 0 Å². The molecule has 0 saturated carbocycles. The van der Waals surface area contributed by atoms with Gasteiger partial charge in [-0.3, -0.25) is 9.98 Å². The number of nitrogens with one attached hydrogen (secondary N) is 2. The zero-order chi connectivity index (χ0) is 18.6. The molecule has 1 heterocycles. The Bertz CT molecular complexity index is 655. The summed E-state index contributed by atoms with van der Waals surface area (Å²) in [6.45, 7) is 7.18. The van der Waals surface area contributed by atoms with E-state index in [9.17, 15) is 0 Å². The predicted octanol–water partition coefficient (Wildman–Crippen LogP) is 2.95. The number of aryl methyl sites for hydroxylation is 1. The summed E-state index contributed by atoms with van der Waals surface area (Å²) in [5.41, 5.74) is 3.47. The number of benzene rings is 1. The number of ether oxygens (including phenoxy) is 1. The van der Waals surface area contributed by atoms with Gasteiger partial charge in [-0.25, -0.2) is 0 Å². The quantitative estimate of drug-likeness (QED) is 0.537. The number of aliphatic imine (C=N–C) groups is 1. The Morgan fingerprint density at radius 2 is 1.92 bits per heavy atom. The molecular weight excluding hydrogens is 324 g/mol. The molecule has 5 heteroatoms. The molecule has 0 radical (unpaired) electrons. The number of pyridine rings is 1. The van der Waals surface area contributed by atoms with Crippen LogP contribution in [0.2, 0.25) is 0 Å². The molecule has 0 fully saturated rings. The first kappa shape index (κ1) is 19.9. The van der Waals surface area contributed by atoms with Gasteiger partial charge in [0.2, 0.25) is 0 Å². The summed E-state index contributed by atoms with van der Waals surface area (Å²) in [6.07, 6.45) is 2.85. The molecule has 1 aromatic carbocycles. The molecular formula is C21H30N4O. The Morgan fingerprint density at radius 3 is 2.62 bits per heavy atom. The molecule has 1 atom stereocenters. The molecule has 1 aromatic heterocycles. The summed E-state index contributed by atoms with van der Waals surface area (Å²) in [5, 5.41) is 6.70. The monoisotopic (exact) mass is 354 g/mol. The predicted molar refractivity (Wildman–Crippen MR) is 107 cm³/mol. The molecule has 0 aliphatic carbocycles. The van der Waals surface area contributed by atoms with Crippen LogP contribution in [0.4, 0.5) is 0 Å². The third-order valence-corrected chi connectivity index (χ3v) is 4.03. The minimum atomic E-state index is 0.401. The van der Waals surface area contributed by atoms with Crippen LogP contribution in [0.5, 0.6) is 0 Å². The van der Waals surface area contributed by atoms with Crippen LogP contribution in [0.25, 0.3) is 0 Å². The molecule has 140 valence electrons. The van der Waals surface area contributed by atoms with Crippen molar-refractivity contribution in [2.45, 2.75) is 26.9 Å². The van der Waals surface area contributed by atoms with Crippen molar-refractivity contribution < 1.29 is 4.74 Å². The van der Waals surface area contributed by atoms with Crippen LogP contribution in [-0.2, 0) is 17.8 Å². The van der Waals surface area contributed by atoms with E-state index in [0.717, 1.165) is 31.2 Å². The van der Waals surface area contributed by atoms with E-state index >= 15 is 0 Å². The van der Waals surface area contributed by atoms with Gasteiger partial charge in [-0.2, -0.15) is 0 Å². The van der Waals surface area contributed by atoms with Gasteiger partial charge in [0.15, 0.2) is 5.96 Å². The Balaban J connectivity index is 1.60. The van der Waals surface area contributed by atoms with Crippen molar-refractivity contribution in [2.75, 3.05) is 26.7 Å². The molecule has 0 saturated heterocycles. The summed E-state index contributed by atoms with van der Waals surface area (Å²) in [4.78, 5) is 8.59. The van der Waals surface area contributed by atoms with Gasteiger partial charge in [-0.15, -0.1) is 0 Å². The summed E-state index contributed by atoms with van der Waals surface area (Å²) in [7, 11) is 1.79. The topological polar surface area (TPSA) is 58.5 Å². The summed E-state index contributed by atoms with van der Waals surface area (Å²) in [5.74, 6) is 1.22. The summed E-state index contributed by atoms with van der Waals surface area (Å²) in [6, 6.07) is 14.4. The average molecular weight is 354 g/mol. The normalized spacial score (nSPS) is 12.7. The molecule has 0 aliphatic rings. The van der Waals surface area contributed by atoms with Crippen LogP contribution in [0, 0.1) is 12.8 Å². The van der Waals surface area contributed by atoms with Crippen molar-refractivity contribution in [3.05, 3.63) is 65.5 Å². The van der Waals surface area contributed by atoms with Crippen molar-refractivity contribution in [2.24, 2.45) is 10.9 Å². The molecule has 2 aromatic rings. The van der Waals surface area contributed by atoms with Crippen molar-refractivity contribution in [3.63, 3.8) is 0 Å². The number of hydrogen-bond donors (Lipinski definition) is 2. The standard InChI is InChI=1S/C21H30N4O/c1-17(15-26-16-20-7-5-4-6-8-20)13-25-21(22-3)23-12-11-19-10-9-18(2)24-14-19/h4-10,14,17H,11-13,15-16H2,1-3H3,(H2,22,23,25). The van der Waals surface area contributed by atoms with Crippen molar-refractivity contribution in [1.82, 2.24) is 15.6 Å². The van der Waals surface area contributed by atoms with Gasteiger partial charge >= 0.3 is 0 Å². The van der Waals surface area contributed by atoms with Gasteiger partial charge in [0.25, 0.3) is 0 Å². The number of hydrogen-bond acceptors (Lipinski definition) is 3. The second kappa shape index (κ2) is 11.3. The lowest BCUT2D eigenvalue weighted by atomic mass is 10.2. The zero-order valence-corrected chi connectivity index (χ0v) is 16.0. The van der Waals surface area contributed by atoms with E-state index in [-0.39, 0.29) is 0 Å². The fraction of sp³-hybridized carbons (Fsp3) is 0.429. The van der Waals surface area contributed by atoms with Gasteiger partial charge in [0.05, 0.1) is 13.2 Å². The van der Waals surface area contributed by atoms with Crippen LogP contribution >= 0.6 is 0 Å². The van der Waals surface area contributed by atoms with Crippen LogP contribution < -0.4 is 10.6 Å². The highest BCUT2D eigenvalue weighted by Crippen LogP contribution is 2.03. The van der Waals surface area contributed by atoms with E-state index < -0.39 is 0 Å². The smallest absolute Gasteiger partial charge is 0.190 e. The number of guanidine groups is 1. The van der Waals surface area contributed by atoms with Crippen LogP contribution in [-0.4, -0.2) is 37.7 Å². The largest absolute Gasteiger partial charge is 0.376 e. The van der Waals surface area contributed by atoms with Crippen molar-refractivity contribution >= 4 is 5.96 Å². The summed E-state index contributed by atoms with van der Waals surface area (Å²) >= 11 is 0. The van der Waals surface area contributed by atoms with Crippen LogP contribution in [0.15, 0.2) is 53.7 Å². The Hall–Kier alpha value is -2.40. The third kappa shape index (κ3) is 7.66. The van der Waals surface area contributed by atoms with Crippen LogP contribution in [0.1, 0.15) is 23.7 Å². The maximum atomic E-state index is 5.79. The Kier molecular flexibility index (Phi) is 8.63. The molecule has 0 bridgehead atoms. The third-order valence-electron chi connectivity index (χ3n) is 4.03. The van der Waals surface area contributed by atoms with Crippen molar-refractivity contribution in [3.8, 4) is 0 Å². The van der Waals surface area contributed by atoms with E-state index in [0.29, 0.717) is 19.1 Å². The fourth-order valence-electron chi connectivity index (χ4n) is 2.47. The van der Waals surface area contributed by atoms with Gasteiger partial charge < -0.3 is 15.4 Å². The second-order valence-electron chi connectivity index (χ2n) is 6.54. The van der Waals surface area contributed by atoms with E-state index in [4.69, 9.17) is 4.74 Å². The highest BCUT2D eigenvalue weighted by molar-refractivity contribution is 5.79. The second-order valence-corrected chi connectivity index (χ2v) is 6.54. The lowest BCUT2D eigenvalue weighted by Crippen LogP contribution is -2.40. The zero-order valence-electron chi connectivity index (χ0n) is 16.0. The highest BCUT2D eigenvalue weighted by Gasteiger charge is 2.05. The van der Waals surface area contributed by atoms with Crippen LogP contribution in [0.3, 0.4) is 0 Å². The fourth-order valence-corrected chi connectivity index (χ4v) is 2.47. The minimum absolute atomic E-state index is 0.401. The van der Waals surface area contributed by atoms with Gasteiger partial charge in [0, 0.05) is 32.0 Å². The first-order valence-corrected chi connectivity index (χ1v) is 9.15. The SMILES string of the molecule is CN=C(NCCc1ccc(C)nc1)NCC(C)COCc1ccccc1. The first-order chi connectivity index (χ1) is 12.7. The minimum Gasteiger partial charge on any atom is -0.376 e. The number of aromatic nitrogens is 1. The van der Waals surface area contributed by atoms with E-state index in [1.54, 1.807) is 7.05 Å². The lowest BCUT2D eigenvalue weighted by molar-refractivity contribution is 0.0931.